The third kappa shape index (κ3) is 4.12. The van der Waals surface area contributed by atoms with Crippen LogP contribution >= 0.6 is 0 Å². The molecule has 2 aromatic carbocycles. The molecule has 1 atom stereocenters. The second kappa shape index (κ2) is 7.16. The number of hydrogen-bond acceptors (Lipinski definition) is 6. The Morgan fingerprint density at radius 3 is 2.44 bits per heavy atom. The van der Waals surface area contributed by atoms with Crippen LogP contribution in [0.5, 0.6) is 0 Å². The van der Waals surface area contributed by atoms with Crippen LogP contribution in [0.15, 0.2) is 64.2 Å². The van der Waals surface area contributed by atoms with Gasteiger partial charge in [-0.05, 0) is 30.0 Å². The Kier molecular flexibility index (Phi) is 4.96. The summed E-state index contributed by atoms with van der Waals surface area (Å²) in [6, 6.07) is 16.3. The Labute approximate surface area is 146 Å². The molecular formula is C18H19N3O3S. The molecule has 1 aromatic heterocycles. The van der Waals surface area contributed by atoms with Crippen molar-refractivity contribution in [1.82, 2.24) is 10.2 Å². The molecule has 0 spiro atoms. The number of nitrogens with zero attached hydrogens (tertiary/aromatic N) is 2. The van der Waals surface area contributed by atoms with Gasteiger partial charge in [-0.1, -0.05) is 59.7 Å². The normalized spacial score (nSPS) is 12.9. The highest BCUT2D eigenvalue weighted by Crippen LogP contribution is 2.21. The smallest absolute Gasteiger partial charge is 0.335 e. The third-order valence-electron chi connectivity index (χ3n) is 3.91. The Morgan fingerprint density at radius 2 is 1.72 bits per heavy atom. The Hall–Kier alpha value is -2.51. The number of benzene rings is 2. The molecule has 0 aliphatic rings. The molecule has 0 amide bonds. The van der Waals surface area contributed by atoms with Crippen molar-refractivity contribution in [2.24, 2.45) is 5.73 Å². The van der Waals surface area contributed by atoms with Crippen molar-refractivity contribution in [3.05, 3.63) is 77.2 Å². The molecule has 0 aliphatic heterocycles. The first-order valence-electron chi connectivity index (χ1n) is 7.86. The predicted molar refractivity (Wildman–Crippen MR) is 93.4 cm³/mol. The minimum Gasteiger partial charge on any atom is -0.411 e. The van der Waals surface area contributed by atoms with Crippen LogP contribution in [0.25, 0.3) is 0 Å². The summed E-state index contributed by atoms with van der Waals surface area (Å²) in [5.74, 6) is -0.0675. The van der Waals surface area contributed by atoms with Gasteiger partial charge < -0.3 is 10.2 Å². The fourth-order valence-corrected chi connectivity index (χ4v) is 3.72. The second-order valence-corrected chi connectivity index (χ2v) is 7.76. The summed E-state index contributed by atoms with van der Waals surface area (Å²) in [6.07, 6.45) is 0.486. The van der Waals surface area contributed by atoms with Gasteiger partial charge >= 0.3 is 5.22 Å². The minimum absolute atomic E-state index is 0.118. The SMILES string of the molecule is Cc1ccccc1CS(=O)(=O)c1nnc(C(N)Cc2ccccc2)o1. The number of nitrogens with two attached hydrogens (primary N) is 1. The lowest BCUT2D eigenvalue weighted by Crippen LogP contribution is -2.13. The van der Waals surface area contributed by atoms with Gasteiger partial charge in [-0.25, -0.2) is 8.42 Å². The van der Waals surface area contributed by atoms with Crippen molar-refractivity contribution in [1.29, 1.82) is 0 Å². The molecule has 6 nitrogen and oxygen atoms in total. The molecule has 0 aliphatic carbocycles. The van der Waals surface area contributed by atoms with Crippen LogP contribution in [0, 0.1) is 6.92 Å². The molecule has 0 saturated heterocycles. The largest absolute Gasteiger partial charge is 0.411 e. The quantitative estimate of drug-likeness (QED) is 0.728. The summed E-state index contributed by atoms with van der Waals surface area (Å²) in [7, 11) is -3.72. The van der Waals surface area contributed by atoms with E-state index in [1.807, 2.05) is 49.4 Å². The lowest BCUT2D eigenvalue weighted by Gasteiger charge is -2.07. The zero-order valence-corrected chi connectivity index (χ0v) is 14.6. The van der Waals surface area contributed by atoms with E-state index < -0.39 is 21.1 Å². The van der Waals surface area contributed by atoms with Crippen molar-refractivity contribution in [2.45, 2.75) is 30.4 Å². The van der Waals surface area contributed by atoms with Crippen molar-refractivity contribution in [3.8, 4) is 0 Å². The maximum atomic E-state index is 12.5. The van der Waals surface area contributed by atoms with E-state index in [1.165, 1.54) is 0 Å². The fourth-order valence-electron chi connectivity index (χ4n) is 2.49. The maximum absolute atomic E-state index is 12.5. The molecule has 0 bridgehead atoms. The highest BCUT2D eigenvalue weighted by atomic mass is 32.2. The molecule has 130 valence electrons. The van der Waals surface area contributed by atoms with Crippen LogP contribution in [-0.2, 0) is 22.0 Å². The predicted octanol–water partition coefficient (Wildman–Crippen LogP) is 2.59. The van der Waals surface area contributed by atoms with Crippen LogP contribution in [0.1, 0.15) is 28.6 Å². The van der Waals surface area contributed by atoms with E-state index in [1.54, 1.807) is 12.1 Å². The summed E-state index contributed by atoms with van der Waals surface area (Å²) in [4.78, 5) is 0. The molecule has 1 heterocycles. The average molecular weight is 357 g/mol. The van der Waals surface area contributed by atoms with Crippen LogP contribution in [0.3, 0.4) is 0 Å². The molecule has 1 unspecified atom stereocenters. The van der Waals surface area contributed by atoms with E-state index in [9.17, 15) is 8.42 Å². The molecule has 25 heavy (non-hydrogen) atoms. The van der Waals surface area contributed by atoms with E-state index in [0.717, 1.165) is 11.1 Å². The van der Waals surface area contributed by atoms with E-state index in [4.69, 9.17) is 10.2 Å². The second-order valence-electron chi connectivity index (χ2n) is 5.89. The van der Waals surface area contributed by atoms with E-state index >= 15 is 0 Å². The Morgan fingerprint density at radius 1 is 1.04 bits per heavy atom. The first kappa shape index (κ1) is 17.3. The minimum atomic E-state index is -3.72. The van der Waals surface area contributed by atoms with Crippen molar-refractivity contribution < 1.29 is 12.8 Å². The van der Waals surface area contributed by atoms with Gasteiger partial charge in [0.05, 0.1) is 11.8 Å². The average Bonchev–Trinajstić information content (AvgIpc) is 3.09. The number of aryl methyl sites for hydroxylation is 1. The molecular weight excluding hydrogens is 338 g/mol. The number of hydrogen-bond donors (Lipinski definition) is 1. The van der Waals surface area contributed by atoms with Gasteiger partial charge in [-0.3, -0.25) is 0 Å². The van der Waals surface area contributed by atoms with Crippen LogP contribution < -0.4 is 5.73 Å². The number of sulfone groups is 1. The van der Waals surface area contributed by atoms with Crippen LogP contribution in [0.4, 0.5) is 0 Å². The first-order chi connectivity index (χ1) is 12.0. The monoisotopic (exact) mass is 357 g/mol. The molecule has 0 radical (unpaired) electrons. The van der Waals surface area contributed by atoms with E-state index in [2.05, 4.69) is 10.2 Å². The van der Waals surface area contributed by atoms with E-state index in [-0.39, 0.29) is 11.6 Å². The molecule has 3 aromatic rings. The van der Waals surface area contributed by atoms with Gasteiger partial charge in [-0.15, -0.1) is 5.10 Å². The maximum Gasteiger partial charge on any atom is 0.335 e. The molecule has 7 heteroatoms. The van der Waals surface area contributed by atoms with Gasteiger partial charge in [-0.2, -0.15) is 0 Å². The summed E-state index contributed by atoms with van der Waals surface area (Å²) < 4.78 is 30.4. The lowest BCUT2D eigenvalue weighted by atomic mass is 10.1. The van der Waals surface area contributed by atoms with Gasteiger partial charge in [0.25, 0.3) is 0 Å². The zero-order chi connectivity index (χ0) is 17.9. The highest BCUT2D eigenvalue weighted by Gasteiger charge is 2.25. The summed E-state index contributed by atoms with van der Waals surface area (Å²) in [5, 5.41) is 7.12. The standard InChI is InChI=1S/C18H19N3O3S/c1-13-7-5-6-10-15(13)12-25(22,23)18-21-20-17(24-18)16(19)11-14-8-3-2-4-9-14/h2-10,16H,11-12,19H2,1H3. The molecule has 0 saturated carbocycles. The van der Waals surface area contributed by atoms with Crippen molar-refractivity contribution in [3.63, 3.8) is 0 Å². The molecule has 0 fully saturated rings. The van der Waals surface area contributed by atoms with Crippen LogP contribution in [-0.4, -0.2) is 18.6 Å². The molecule has 3 rings (SSSR count). The number of rotatable bonds is 6. The highest BCUT2D eigenvalue weighted by molar-refractivity contribution is 7.90. The lowest BCUT2D eigenvalue weighted by molar-refractivity contribution is 0.372. The summed E-state index contributed by atoms with van der Waals surface area (Å²) >= 11 is 0. The van der Waals surface area contributed by atoms with Gasteiger partial charge in [0.1, 0.15) is 0 Å². The topological polar surface area (TPSA) is 99.1 Å². The summed E-state index contributed by atoms with van der Waals surface area (Å²) in [6.45, 7) is 1.86. The third-order valence-corrected chi connectivity index (χ3v) is 5.30. The zero-order valence-electron chi connectivity index (χ0n) is 13.8. The number of aromatic nitrogens is 2. The van der Waals surface area contributed by atoms with Crippen molar-refractivity contribution >= 4 is 9.84 Å². The van der Waals surface area contributed by atoms with Gasteiger partial charge in [0.2, 0.25) is 15.7 Å². The summed E-state index contributed by atoms with van der Waals surface area (Å²) in [5.41, 5.74) is 8.68. The Balaban J connectivity index is 1.77. The Bertz CT molecular complexity index is 952. The fraction of sp³-hybridized carbons (Fsp3) is 0.222. The van der Waals surface area contributed by atoms with Crippen molar-refractivity contribution in [2.75, 3.05) is 0 Å². The van der Waals surface area contributed by atoms with Gasteiger partial charge in [0, 0.05) is 0 Å². The molecule has 2 N–H and O–H groups in total. The van der Waals surface area contributed by atoms with Crippen LogP contribution in [0.2, 0.25) is 0 Å². The van der Waals surface area contributed by atoms with Gasteiger partial charge in [0.15, 0.2) is 0 Å². The van der Waals surface area contributed by atoms with E-state index in [0.29, 0.717) is 12.0 Å². The first-order valence-corrected chi connectivity index (χ1v) is 9.51.